The van der Waals surface area contributed by atoms with E-state index in [1.165, 1.54) is 0 Å². The van der Waals surface area contributed by atoms with Crippen molar-refractivity contribution in [2.75, 3.05) is 0 Å². The van der Waals surface area contributed by atoms with E-state index >= 15 is 0 Å². The van der Waals surface area contributed by atoms with Gasteiger partial charge in [0.25, 0.3) is 0 Å². The van der Waals surface area contributed by atoms with Gasteiger partial charge in [-0.15, -0.1) is 0 Å². The molecule has 0 fully saturated rings. The molecule has 0 atom stereocenters. The second-order valence-corrected chi connectivity index (χ2v) is 8.46. The molecule has 0 aliphatic rings. The fourth-order valence-electron chi connectivity index (χ4n) is 2.26. The minimum atomic E-state index is -3.45. The van der Waals surface area contributed by atoms with Crippen LogP contribution < -0.4 is 0 Å². The van der Waals surface area contributed by atoms with Crippen molar-refractivity contribution < 1.29 is 8.42 Å². The Morgan fingerprint density at radius 3 is 1.95 bits per heavy atom. The third-order valence-corrected chi connectivity index (χ3v) is 5.58. The molecule has 21 heavy (non-hydrogen) atoms. The van der Waals surface area contributed by atoms with Crippen molar-refractivity contribution in [3.8, 4) is 0 Å². The molecule has 0 radical (unpaired) electrons. The van der Waals surface area contributed by atoms with Gasteiger partial charge in [-0.05, 0) is 54.2 Å². The van der Waals surface area contributed by atoms with Gasteiger partial charge in [0.1, 0.15) is 0 Å². The van der Waals surface area contributed by atoms with Crippen LogP contribution in [0.15, 0.2) is 52.3 Å². The summed E-state index contributed by atoms with van der Waals surface area (Å²) in [7, 11) is -3.45. The van der Waals surface area contributed by atoms with Gasteiger partial charge in [-0.1, -0.05) is 45.0 Å². The van der Waals surface area contributed by atoms with Crippen molar-refractivity contribution in [3.05, 3.63) is 59.2 Å². The molecule has 0 aromatic heterocycles. The van der Waals surface area contributed by atoms with E-state index in [0.717, 1.165) is 16.7 Å². The third-order valence-electron chi connectivity index (χ3n) is 3.66. The minimum absolute atomic E-state index is 0.0154. The van der Waals surface area contributed by atoms with Crippen molar-refractivity contribution in [1.82, 2.24) is 0 Å². The second-order valence-electron chi connectivity index (χ2n) is 6.55. The number of hydrogen-bond donors (Lipinski definition) is 0. The molecular formula is C18H22O2S. The summed E-state index contributed by atoms with van der Waals surface area (Å²) >= 11 is 0. The van der Waals surface area contributed by atoms with Crippen LogP contribution in [0.3, 0.4) is 0 Å². The third kappa shape index (κ3) is 3.18. The molecule has 0 aliphatic heterocycles. The minimum Gasteiger partial charge on any atom is -0.219 e. The summed E-state index contributed by atoms with van der Waals surface area (Å²) in [5.41, 5.74) is 2.87. The maximum absolute atomic E-state index is 12.8. The molecule has 2 rings (SSSR count). The van der Waals surface area contributed by atoms with Crippen LogP contribution in [0.1, 0.15) is 37.5 Å². The largest absolute Gasteiger partial charge is 0.219 e. The van der Waals surface area contributed by atoms with Gasteiger partial charge >= 0.3 is 0 Å². The van der Waals surface area contributed by atoms with Gasteiger partial charge in [0.2, 0.25) is 9.84 Å². The first-order valence-electron chi connectivity index (χ1n) is 7.05. The van der Waals surface area contributed by atoms with Crippen molar-refractivity contribution in [2.45, 2.75) is 49.8 Å². The second kappa shape index (κ2) is 5.30. The molecule has 0 saturated heterocycles. The molecule has 2 aromatic rings. The van der Waals surface area contributed by atoms with E-state index in [0.29, 0.717) is 9.79 Å². The first-order valence-corrected chi connectivity index (χ1v) is 8.53. The summed E-state index contributed by atoms with van der Waals surface area (Å²) in [6, 6.07) is 12.7. The average molecular weight is 302 g/mol. The lowest BCUT2D eigenvalue weighted by atomic mass is 9.87. The molecule has 0 N–H and O–H groups in total. The summed E-state index contributed by atoms with van der Waals surface area (Å²) in [6.45, 7) is 10.1. The fraction of sp³-hybridized carbons (Fsp3) is 0.333. The van der Waals surface area contributed by atoms with Crippen LogP contribution in [0.5, 0.6) is 0 Å². The fourth-order valence-corrected chi connectivity index (χ4v) is 3.84. The molecule has 0 amide bonds. The molecule has 112 valence electrons. The zero-order valence-electron chi connectivity index (χ0n) is 13.3. The van der Waals surface area contributed by atoms with Gasteiger partial charge in [-0.3, -0.25) is 0 Å². The molecule has 2 aromatic carbocycles. The number of hydrogen-bond acceptors (Lipinski definition) is 2. The summed E-state index contributed by atoms with van der Waals surface area (Å²) in [5, 5.41) is 0. The topological polar surface area (TPSA) is 34.1 Å². The monoisotopic (exact) mass is 302 g/mol. The number of sulfone groups is 1. The van der Waals surface area contributed by atoms with Crippen LogP contribution in [-0.2, 0) is 15.3 Å². The standard InChI is InChI=1S/C18H22O2S/c1-13-6-7-14(2)17(12-13)21(19,20)16-10-8-15(9-11-16)18(3,4)5/h6-12H,1-5H3. The van der Waals surface area contributed by atoms with Gasteiger partial charge < -0.3 is 0 Å². The Labute approximate surface area is 127 Å². The van der Waals surface area contributed by atoms with E-state index in [-0.39, 0.29) is 5.41 Å². The molecule has 0 heterocycles. The smallest absolute Gasteiger partial charge is 0.206 e. The molecule has 3 heteroatoms. The SMILES string of the molecule is Cc1ccc(C)c(S(=O)(=O)c2ccc(C(C)(C)C)cc2)c1. The summed E-state index contributed by atoms with van der Waals surface area (Å²) in [4.78, 5) is 0.746. The van der Waals surface area contributed by atoms with Crippen LogP contribution >= 0.6 is 0 Å². The van der Waals surface area contributed by atoms with Gasteiger partial charge in [0.15, 0.2) is 0 Å². The number of aryl methyl sites for hydroxylation is 2. The normalized spacial score (nSPS) is 12.4. The predicted molar refractivity (Wildman–Crippen MR) is 86.5 cm³/mol. The molecule has 0 bridgehead atoms. The van der Waals surface area contributed by atoms with Crippen LogP contribution in [-0.4, -0.2) is 8.42 Å². The highest BCUT2D eigenvalue weighted by atomic mass is 32.2. The molecule has 0 unspecified atom stereocenters. The molecule has 0 aliphatic carbocycles. The van der Waals surface area contributed by atoms with E-state index in [1.54, 1.807) is 18.2 Å². The first kappa shape index (κ1) is 15.8. The Balaban J connectivity index is 2.52. The van der Waals surface area contributed by atoms with Crippen molar-refractivity contribution in [3.63, 3.8) is 0 Å². The Hall–Kier alpha value is -1.61. The van der Waals surface area contributed by atoms with Gasteiger partial charge in [-0.25, -0.2) is 8.42 Å². The van der Waals surface area contributed by atoms with Crippen LogP contribution in [0.25, 0.3) is 0 Å². The lowest BCUT2D eigenvalue weighted by Crippen LogP contribution is -2.11. The van der Waals surface area contributed by atoms with E-state index in [4.69, 9.17) is 0 Å². The highest BCUT2D eigenvalue weighted by Crippen LogP contribution is 2.28. The Morgan fingerprint density at radius 1 is 0.857 bits per heavy atom. The van der Waals surface area contributed by atoms with E-state index in [1.807, 2.05) is 38.1 Å². The summed E-state index contributed by atoms with van der Waals surface area (Å²) in [6.07, 6.45) is 0. The molecule has 0 saturated carbocycles. The maximum atomic E-state index is 12.8. The van der Waals surface area contributed by atoms with Crippen molar-refractivity contribution in [2.24, 2.45) is 0 Å². The van der Waals surface area contributed by atoms with E-state index in [9.17, 15) is 8.42 Å². The zero-order chi connectivity index (χ0) is 15.8. The Morgan fingerprint density at radius 2 is 1.43 bits per heavy atom. The lowest BCUT2D eigenvalue weighted by Gasteiger charge is -2.19. The summed E-state index contributed by atoms with van der Waals surface area (Å²) < 4.78 is 25.5. The zero-order valence-corrected chi connectivity index (χ0v) is 14.1. The quantitative estimate of drug-likeness (QED) is 0.822. The van der Waals surface area contributed by atoms with Crippen molar-refractivity contribution in [1.29, 1.82) is 0 Å². The van der Waals surface area contributed by atoms with E-state index < -0.39 is 9.84 Å². The predicted octanol–water partition coefficient (Wildman–Crippen LogP) is 4.43. The molecule has 2 nitrogen and oxygen atoms in total. The Bertz CT molecular complexity index is 749. The van der Waals surface area contributed by atoms with Gasteiger partial charge in [0.05, 0.1) is 9.79 Å². The van der Waals surface area contributed by atoms with Gasteiger partial charge in [0, 0.05) is 0 Å². The average Bonchev–Trinajstić information content (AvgIpc) is 2.40. The van der Waals surface area contributed by atoms with Crippen LogP contribution in [0, 0.1) is 13.8 Å². The highest BCUT2D eigenvalue weighted by molar-refractivity contribution is 7.91. The molecular weight excluding hydrogens is 280 g/mol. The van der Waals surface area contributed by atoms with Crippen LogP contribution in [0.2, 0.25) is 0 Å². The number of benzene rings is 2. The Kier molecular flexibility index (Phi) is 3.98. The van der Waals surface area contributed by atoms with Crippen LogP contribution in [0.4, 0.5) is 0 Å². The maximum Gasteiger partial charge on any atom is 0.206 e. The molecule has 0 spiro atoms. The summed E-state index contributed by atoms with van der Waals surface area (Å²) in [5.74, 6) is 0. The highest BCUT2D eigenvalue weighted by Gasteiger charge is 2.21. The first-order chi connectivity index (χ1) is 9.62. The number of rotatable bonds is 2. The van der Waals surface area contributed by atoms with E-state index in [2.05, 4.69) is 20.8 Å². The van der Waals surface area contributed by atoms with Gasteiger partial charge in [-0.2, -0.15) is 0 Å². The van der Waals surface area contributed by atoms with Crippen molar-refractivity contribution >= 4 is 9.84 Å². The lowest BCUT2D eigenvalue weighted by molar-refractivity contribution is 0.586.